The largest absolute Gasteiger partial charge is 0.488 e. The maximum absolute atomic E-state index is 11.1. The third-order valence-corrected chi connectivity index (χ3v) is 7.84. The van der Waals surface area contributed by atoms with E-state index in [0.717, 1.165) is 5.56 Å². The third kappa shape index (κ3) is 6.96. The van der Waals surface area contributed by atoms with Crippen LogP contribution in [0.25, 0.3) is 11.2 Å². The van der Waals surface area contributed by atoms with E-state index in [0.29, 0.717) is 22.1 Å². The van der Waals surface area contributed by atoms with Gasteiger partial charge in [0.05, 0.1) is 6.10 Å². The minimum absolute atomic E-state index is 0.0491. The number of thioether (sulfide) groups is 1. The highest BCUT2D eigenvalue weighted by molar-refractivity contribution is 7.98. The van der Waals surface area contributed by atoms with Crippen LogP contribution in [0.15, 0.2) is 41.8 Å². The van der Waals surface area contributed by atoms with Crippen molar-refractivity contribution in [2.45, 2.75) is 43.2 Å². The number of nitrogen functional groups attached to an aromatic ring is 1. The highest BCUT2D eigenvalue weighted by Gasteiger charge is 2.44. The fourth-order valence-electron chi connectivity index (χ4n) is 3.50. The summed E-state index contributed by atoms with van der Waals surface area (Å²) in [5.74, 6) is 0.385. The normalized spacial score (nSPS) is 24.8. The van der Waals surface area contributed by atoms with Gasteiger partial charge in [-0.25, -0.2) is 15.0 Å². The maximum Gasteiger partial charge on any atom is 0.488 e. The van der Waals surface area contributed by atoms with Gasteiger partial charge in [0.25, 0.3) is 0 Å². The van der Waals surface area contributed by atoms with Crippen LogP contribution in [0.3, 0.4) is 0 Å². The maximum atomic E-state index is 11.1. The number of imidazole rings is 1. The zero-order valence-corrected chi connectivity index (χ0v) is 22.4. The number of fused-ring (bicyclic) bond motifs is 1. The second-order valence-corrected chi connectivity index (χ2v) is 10.9. The molecule has 0 saturated carbocycles. The Morgan fingerprint density at radius 3 is 2.76 bits per heavy atom. The molecule has 1 aliphatic rings. The zero-order valence-electron chi connectivity index (χ0n) is 20.7. The second-order valence-electron chi connectivity index (χ2n) is 8.10. The Balaban J connectivity index is 1.66. The van der Waals surface area contributed by atoms with Crippen LogP contribution in [0.1, 0.15) is 25.6 Å². The van der Waals surface area contributed by atoms with Gasteiger partial charge in [-0.05, 0) is 12.5 Å². The van der Waals surface area contributed by atoms with E-state index >= 15 is 0 Å². The van der Waals surface area contributed by atoms with Crippen molar-refractivity contribution in [2.24, 2.45) is 0 Å². The Labute approximate surface area is 220 Å². The number of rotatable bonds is 8. The standard InChI is InChI=1S/C22H28BN5O7PS/c1-14-9-32-36(23,34-13-31-15(2)29)33-10-17(30-3)21(35-14)28-20-18(19(24)25-12-26-20)27-22(28)37-11-16-7-5-4-6-8-16/h4-8,12,14,17,21H,9-11,13H2,1-3H3,(H2,24,25,26)/q+1/t14-,17-,21+,36?/m0/s1. The average Bonchev–Trinajstić information content (AvgIpc) is 3.27. The number of ether oxygens (including phenoxy) is 3. The first-order chi connectivity index (χ1) is 17.8. The van der Waals surface area contributed by atoms with Crippen LogP contribution in [-0.2, 0) is 38.3 Å². The van der Waals surface area contributed by atoms with E-state index in [1.807, 2.05) is 41.8 Å². The lowest BCUT2D eigenvalue weighted by molar-refractivity contribution is -0.148. The Morgan fingerprint density at radius 1 is 1.27 bits per heavy atom. The van der Waals surface area contributed by atoms with E-state index in [1.54, 1.807) is 0 Å². The van der Waals surface area contributed by atoms with Crippen LogP contribution in [-0.4, -0.2) is 72.4 Å². The Bertz CT molecular complexity index is 1210. The van der Waals surface area contributed by atoms with Crippen LogP contribution in [0, 0.1) is 0 Å². The number of hydrogen-bond donors (Lipinski definition) is 1. The predicted molar refractivity (Wildman–Crippen MR) is 138 cm³/mol. The van der Waals surface area contributed by atoms with Crippen molar-refractivity contribution in [3.63, 3.8) is 0 Å². The van der Waals surface area contributed by atoms with Crippen molar-refractivity contribution in [1.29, 1.82) is 0 Å². The smallest absolute Gasteiger partial charge is 0.434 e. The molecule has 0 amide bonds. The quantitative estimate of drug-likeness (QED) is 0.145. The molecule has 3 heterocycles. The summed E-state index contributed by atoms with van der Waals surface area (Å²) in [7, 11) is 4.45. The van der Waals surface area contributed by atoms with Crippen LogP contribution in [0.5, 0.6) is 0 Å². The van der Waals surface area contributed by atoms with E-state index in [1.165, 1.54) is 32.1 Å². The monoisotopic (exact) mass is 548 g/mol. The molecule has 2 aromatic heterocycles. The summed E-state index contributed by atoms with van der Waals surface area (Å²) in [6.07, 6.45) is -0.496. The SMILES string of the molecule is [B][P+]1(OCOC(C)=O)OC[C@H](OC)[C@H](n2c(SCc3ccccc3)nc3c(N)ncnc32)O[C@@H](C)CO1. The van der Waals surface area contributed by atoms with Gasteiger partial charge in [0, 0.05) is 19.8 Å². The Morgan fingerprint density at radius 2 is 2.03 bits per heavy atom. The topological polar surface area (TPSA) is 142 Å². The van der Waals surface area contributed by atoms with E-state index in [4.69, 9.17) is 46.1 Å². The fourth-order valence-corrected chi connectivity index (χ4v) is 5.67. The number of nitrogens with two attached hydrogens (primary N) is 1. The van der Waals surface area contributed by atoms with Gasteiger partial charge in [-0.3, -0.25) is 9.36 Å². The van der Waals surface area contributed by atoms with Gasteiger partial charge < -0.3 is 19.9 Å². The number of carbonyl (C=O) groups excluding carboxylic acids is 1. The molecule has 1 saturated heterocycles. The van der Waals surface area contributed by atoms with Crippen LogP contribution >= 0.6 is 19.6 Å². The third-order valence-electron chi connectivity index (χ3n) is 5.33. The number of nitrogens with zero attached hydrogens (tertiary/aromatic N) is 4. The fraction of sp³-hybridized carbons (Fsp3) is 0.455. The second kappa shape index (κ2) is 12.5. The number of hydrogen-bond acceptors (Lipinski definition) is 12. The first kappa shape index (κ1) is 27.7. The molecular formula is C22H28BN5O7PS+. The number of anilines is 1. The van der Waals surface area contributed by atoms with E-state index in [-0.39, 0.29) is 19.0 Å². The predicted octanol–water partition coefficient (Wildman–Crippen LogP) is 3.05. The molecule has 0 bridgehead atoms. The van der Waals surface area contributed by atoms with Gasteiger partial charge in [-0.2, -0.15) is 13.6 Å². The minimum Gasteiger partial charge on any atom is -0.434 e. The van der Waals surface area contributed by atoms with Gasteiger partial charge in [-0.1, -0.05) is 42.1 Å². The summed E-state index contributed by atoms with van der Waals surface area (Å²) in [5.41, 5.74) is 8.20. The number of methoxy groups -OCH3 is 1. The molecule has 12 nitrogen and oxygen atoms in total. The molecule has 0 spiro atoms. The molecule has 1 aliphatic heterocycles. The van der Waals surface area contributed by atoms with Gasteiger partial charge in [0.1, 0.15) is 25.6 Å². The van der Waals surface area contributed by atoms with Crippen molar-refractivity contribution in [3.8, 4) is 0 Å². The lowest BCUT2D eigenvalue weighted by Crippen LogP contribution is -2.35. The number of benzene rings is 1. The number of aromatic nitrogens is 4. The molecule has 3 aromatic rings. The first-order valence-corrected chi connectivity index (χ1v) is 14.0. The molecule has 0 aliphatic carbocycles. The molecular weight excluding hydrogens is 520 g/mol. The molecule has 1 aromatic carbocycles. The van der Waals surface area contributed by atoms with Gasteiger partial charge in [0.2, 0.25) is 6.79 Å². The summed E-state index contributed by atoms with van der Waals surface area (Å²) in [5, 5.41) is 0.616. The molecule has 4 rings (SSSR count). The lowest BCUT2D eigenvalue weighted by Gasteiger charge is -2.29. The van der Waals surface area contributed by atoms with Crippen molar-refractivity contribution in [2.75, 3.05) is 32.9 Å². The Kier molecular flexibility index (Phi) is 9.35. The van der Waals surface area contributed by atoms with Crippen molar-refractivity contribution < 1.29 is 32.6 Å². The van der Waals surface area contributed by atoms with E-state index < -0.39 is 39.0 Å². The molecule has 1 unspecified atom stereocenters. The summed E-state index contributed by atoms with van der Waals surface area (Å²) >= 11 is 1.50. The summed E-state index contributed by atoms with van der Waals surface area (Å²) in [4.78, 5) is 24.4. The summed E-state index contributed by atoms with van der Waals surface area (Å²) in [6, 6.07) is 10.0. The van der Waals surface area contributed by atoms with Gasteiger partial charge >= 0.3 is 21.4 Å². The summed E-state index contributed by atoms with van der Waals surface area (Å²) in [6.45, 7) is 2.67. The van der Waals surface area contributed by atoms with E-state index in [2.05, 4.69) is 9.97 Å². The van der Waals surface area contributed by atoms with Gasteiger partial charge in [0.15, 0.2) is 28.4 Å². The van der Waals surface area contributed by atoms with Crippen LogP contribution in [0.2, 0.25) is 0 Å². The van der Waals surface area contributed by atoms with E-state index in [9.17, 15) is 4.79 Å². The molecule has 37 heavy (non-hydrogen) atoms. The minimum atomic E-state index is -3.34. The highest BCUT2D eigenvalue weighted by atomic mass is 32.2. The molecule has 2 radical (unpaired) electrons. The lowest BCUT2D eigenvalue weighted by atomic mass is 10.2. The van der Waals surface area contributed by atoms with Crippen LogP contribution in [0.4, 0.5) is 5.82 Å². The molecule has 2 N–H and O–H groups in total. The molecule has 1 fully saturated rings. The molecule has 196 valence electrons. The average molecular weight is 548 g/mol. The van der Waals surface area contributed by atoms with Crippen molar-refractivity contribution in [3.05, 3.63) is 42.2 Å². The highest BCUT2D eigenvalue weighted by Crippen LogP contribution is 2.58. The number of carbonyl (C=O) groups is 1. The Hall–Kier alpha value is -2.32. The molecule has 15 heteroatoms. The summed E-state index contributed by atoms with van der Waals surface area (Å²) < 4.78 is 35.9. The van der Waals surface area contributed by atoms with Crippen LogP contribution < -0.4 is 5.73 Å². The first-order valence-electron chi connectivity index (χ1n) is 11.4. The van der Waals surface area contributed by atoms with Gasteiger partial charge in [-0.15, -0.1) is 0 Å². The molecule has 4 atom stereocenters. The number of esters is 1. The van der Waals surface area contributed by atoms with Crippen molar-refractivity contribution >= 4 is 50.1 Å². The zero-order chi connectivity index (χ0) is 26.4. The van der Waals surface area contributed by atoms with Crippen molar-refractivity contribution in [1.82, 2.24) is 19.5 Å².